The van der Waals surface area contributed by atoms with Gasteiger partial charge in [0, 0.05) is 12.1 Å². The van der Waals surface area contributed by atoms with Crippen LogP contribution in [-0.2, 0) is 0 Å². The Bertz CT molecular complexity index is 383. The molecule has 0 spiro atoms. The molecule has 1 aromatic rings. The molecular weight excluding hydrogens is 237 g/mol. The maximum atomic E-state index is 3.70. The van der Waals surface area contributed by atoms with Crippen molar-refractivity contribution >= 4 is 12.6 Å². The molecule has 0 amide bonds. The van der Waals surface area contributed by atoms with Crippen molar-refractivity contribution in [2.24, 2.45) is 0 Å². The smallest absolute Gasteiger partial charge is 0.0946 e. The average Bonchev–Trinajstić information content (AvgIpc) is 2.27. The van der Waals surface area contributed by atoms with E-state index in [4.69, 9.17) is 0 Å². The molecule has 1 nitrogen and oxygen atoms in total. The fourth-order valence-corrected chi connectivity index (χ4v) is 8.72. The van der Waals surface area contributed by atoms with Crippen LogP contribution in [0.15, 0.2) is 30.3 Å². The van der Waals surface area contributed by atoms with Crippen molar-refractivity contribution in [3.05, 3.63) is 30.3 Å². The molecule has 0 bridgehead atoms. The van der Waals surface area contributed by atoms with Gasteiger partial charge in [-0.2, -0.15) is 0 Å². The van der Waals surface area contributed by atoms with Gasteiger partial charge in [0.05, 0.1) is 30.0 Å². The summed E-state index contributed by atoms with van der Waals surface area (Å²) in [7, 11) is -1.10. The normalized spacial score (nSPS) is 33.4. The van der Waals surface area contributed by atoms with E-state index >= 15 is 0 Å². The Hall–Kier alpha value is -0.390. The Kier molecular flexibility index (Phi) is 3.85. The zero-order chi connectivity index (χ0) is 13.4. The molecule has 3 atom stereocenters. The van der Waals surface area contributed by atoms with Gasteiger partial charge in [-0.15, -0.1) is 0 Å². The second-order valence-electron chi connectivity index (χ2n) is 6.81. The van der Waals surface area contributed by atoms with E-state index in [0.29, 0.717) is 17.2 Å². The van der Waals surface area contributed by atoms with Gasteiger partial charge in [-0.3, -0.25) is 0 Å². The summed E-state index contributed by atoms with van der Waals surface area (Å²) < 4.78 is 0. The minimum absolute atomic E-state index is 0.402. The van der Waals surface area contributed by atoms with E-state index in [9.17, 15) is 0 Å². The van der Waals surface area contributed by atoms with Crippen LogP contribution >= 0.6 is 7.26 Å². The van der Waals surface area contributed by atoms with Crippen LogP contribution < -0.4 is 10.6 Å². The minimum Gasteiger partial charge on any atom is -0.305 e. The highest BCUT2D eigenvalue weighted by Crippen LogP contribution is 2.69. The summed E-state index contributed by atoms with van der Waals surface area (Å²) in [6.45, 7) is 12.0. The first-order valence-corrected chi connectivity index (χ1v) is 9.20. The molecule has 2 rings (SSSR count). The van der Waals surface area contributed by atoms with Crippen LogP contribution in [0.1, 0.15) is 34.6 Å². The van der Waals surface area contributed by atoms with Crippen molar-refractivity contribution in [1.29, 1.82) is 0 Å². The number of rotatable bonds is 1. The first kappa shape index (κ1) is 14.0. The number of hydrogen-bond donors (Lipinski definition) is 1. The topological polar surface area (TPSA) is 12.0 Å². The molecule has 1 fully saturated rings. The summed E-state index contributed by atoms with van der Waals surface area (Å²) in [5.41, 5.74) is 0. The Morgan fingerprint density at radius 2 is 1.50 bits per heavy atom. The van der Waals surface area contributed by atoms with Crippen LogP contribution in [0.5, 0.6) is 0 Å². The standard InChI is InChI=1S/C16H27NP/c1-13-11-18(16(3,4)5,12-14(2)17-13)15-9-7-6-8-10-15/h6-10,13-14,17H,11-12H2,1-5H3/q+1/t13-,14+,18?. The molecule has 2 heteroatoms. The lowest BCUT2D eigenvalue weighted by Crippen LogP contribution is -2.51. The summed E-state index contributed by atoms with van der Waals surface area (Å²) in [6, 6.07) is 12.6. The van der Waals surface area contributed by atoms with Gasteiger partial charge in [0.25, 0.3) is 0 Å². The van der Waals surface area contributed by atoms with Gasteiger partial charge in [0.2, 0.25) is 0 Å². The van der Waals surface area contributed by atoms with Crippen LogP contribution in [-0.4, -0.2) is 29.6 Å². The Labute approximate surface area is 113 Å². The third-order valence-corrected chi connectivity index (χ3v) is 10.5. The lowest BCUT2D eigenvalue weighted by Gasteiger charge is -2.45. The lowest BCUT2D eigenvalue weighted by molar-refractivity contribution is 0.497. The van der Waals surface area contributed by atoms with Crippen molar-refractivity contribution in [2.45, 2.75) is 51.9 Å². The van der Waals surface area contributed by atoms with Gasteiger partial charge < -0.3 is 5.32 Å². The van der Waals surface area contributed by atoms with Crippen LogP contribution in [0.2, 0.25) is 0 Å². The van der Waals surface area contributed by atoms with Crippen LogP contribution in [0.3, 0.4) is 0 Å². The van der Waals surface area contributed by atoms with E-state index in [1.54, 1.807) is 5.30 Å². The van der Waals surface area contributed by atoms with Crippen molar-refractivity contribution in [1.82, 2.24) is 5.32 Å². The molecule has 1 aliphatic rings. The van der Waals surface area contributed by atoms with Gasteiger partial charge in [0.15, 0.2) is 0 Å². The predicted molar refractivity (Wildman–Crippen MR) is 84.5 cm³/mol. The largest absolute Gasteiger partial charge is 0.305 e. The molecule has 1 N–H and O–H groups in total. The van der Waals surface area contributed by atoms with Gasteiger partial charge in [-0.05, 0) is 46.8 Å². The molecule has 1 heterocycles. The van der Waals surface area contributed by atoms with Gasteiger partial charge in [-0.25, -0.2) is 0 Å². The van der Waals surface area contributed by atoms with Crippen molar-refractivity contribution in [3.63, 3.8) is 0 Å². The van der Waals surface area contributed by atoms with E-state index in [1.807, 2.05) is 0 Å². The molecule has 0 saturated carbocycles. The maximum absolute atomic E-state index is 3.70. The van der Waals surface area contributed by atoms with E-state index in [1.165, 1.54) is 12.3 Å². The zero-order valence-corrected chi connectivity index (χ0v) is 13.3. The summed E-state index contributed by atoms with van der Waals surface area (Å²) in [4.78, 5) is 0. The highest BCUT2D eigenvalue weighted by atomic mass is 31.2. The van der Waals surface area contributed by atoms with Crippen LogP contribution in [0, 0.1) is 0 Å². The number of hydrogen-bond acceptors (Lipinski definition) is 1. The van der Waals surface area contributed by atoms with Crippen LogP contribution in [0.4, 0.5) is 0 Å². The van der Waals surface area contributed by atoms with E-state index in [-0.39, 0.29) is 0 Å². The number of benzene rings is 1. The van der Waals surface area contributed by atoms with E-state index < -0.39 is 7.26 Å². The lowest BCUT2D eigenvalue weighted by atomic mass is 10.2. The Morgan fingerprint density at radius 1 is 1.00 bits per heavy atom. The van der Waals surface area contributed by atoms with Gasteiger partial charge >= 0.3 is 0 Å². The van der Waals surface area contributed by atoms with Crippen molar-refractivity contribution < 1.29 is 0 Å². The first-order chi connectivity index (χ1) is 8.35. The molecule has 0 radical (unpaired) electrons. The fraction of sp³-hybridized carbons (Fsp3) is 0.625. The zero-order valence-electron chi connectivity index (χ0n) is 12.4. The fourth-order valence-electron chi connectivity index (χ4n) is 3.46. The van der Waals surface area contributed by atoms with Crippen molar-refractivity contribution in [3.8, 4) is 0 Å². The molecule has 1 saturated heterocycles. The second kappa shape index (κ2) is 4.94. The predicted octanol–water partition coefficient (Wildman–Crippen LogP) is 3.51. The third kappa shape index (κ3) is 2.49. The monoisotopic (exact) mass is 264 g/mol. The molecular formula is C16H27NP+. The average molecular weight is 264 g/mol. The van der Waals surface area contributed by atoms with Crippen molar-refractivity contribution in [2.75, 3.05) is 12.3 Å². The SMILES string of the molecule is C[C@@H]1C[P+](c2ccccc2)(C(C)(C)C)C[C@H](C)N1. The van der Waals surface area contributed by atoms with Crippen LogP contribution in [0.25, 0.3) is 0 Å². The van der Waals surface area contributed by atoms with E-state index in [2.05, 4.69) is 70.3 Å². The quantitative estimate of drug-likeness (QED) is 0.765. The Morgan fingerprint density at radius 3 is 1.94 bits per heavy atom. The minimum atomic E-state index is -1.10. The molecule has 0 aromatic heterocycles. The highest BCUT2D eigenvalue weighted by molar-refractivity contribution is 7.84. The summed E-state index contributed by atoms with van der Waals surface area (Å²) in [5.74, 6) is 0. The van der Waals surface area contributed by atoms with E-state index in [0.717, 1.165) is 0 Å². The third-order valence-electron chi connectivity index (χ3n) is 4.27. The molecule has 1 aliphatic heterocycles. The Balaban J connectivity index is 2.48. The first-order valence-electron chi connectivity index (χ1n) is 7.04. The highest BCUT2D eigenvalue weighted by Gasteiger charge is 2.54. The molecule has 100 valence electrons. The number of nitrogens with one attached hydrogen (secondary N) is 1. The maximum Gasteiger partial charge on any atom is 0.0946 e. The molecule has 1 unspecified atom stereocenters. The molecule has 0 aliphatic carbocycles. The molecule has 18 heavy (non-hydrogen) atoms. The van der Waals surface area contributed by atoms with Gasteiger partial charge in [-0.1, -0.05) is 18.2 Å². The summed E-state index contributed by atoms with van der Waals surface area (Å²) in [6.07, 6.45) is 2.68. The summed E-state index contributed by atoms with van der Waals surface area (Å²) in [5, 5.41) is 5.73. The second-order valence-corrected chi connectivity index (χ2v) is 11.3. The summed E-state index contributed by atoms with van der Waals surface area (Å²) >= 11 is 0. The van der Waals surface area contributed by atoms with Gasteiger partial charge in [0.1, 0.15) is 0 Å². The molecule has 1 aromatic carbocycles.